The van der Waals surface area contributed by atoms with E-state index in [2.05, 4.69) is 10.0 Å². The number of halogens is 1. The van der Waals surface area contributed by atoms with E-state index in [1.165, 1.54) is 12.1 Å². The Morgan fingerprint density at radius 3 is 2.22 bits per heavy atom. The molecule has 9 heteroatoms. The third kappa shape index (κ3) is 5.49. The maximum Gasteiger partial charge on any atom is 0.261 e. The van der Waals surface area contributed by atoms with Gasteiger partial charge in [0.1, 0.15) is 5.82 Å². The lowest BCUT2D eigenvalue weighted by Gasteiger charge is -2.25. The van der Waals surface area contributed by atoms with Crippen LogP contribution < -0.4 is 10.0 Å². The number of nitrogens with one attached hydrogen (secondary N) is 2. The number of sulfonamides is 1. The van der Waals surface area contributed by atoms with Crippen LogP contribution in [0.2, 0.25) is 0 Å². The van der Waals surface area contributed by atoms with E-state index in [-0.39, 0.29) is 17.3 Å². The van der Waals surface area contributed by atoms with Gasteiger partial charge in [-0.2, -0.15) is 0 Å². The van der Waals surface area contributed by atoms with Gasteiger partial charge in [-0.15, -0.1) is 0 Å². The van der Waals surface area contributed by atoms with Gasteiger partial charge in [0.25, 0.3) is 10.0 Å². The molecular formula is C18H20FN3O4S. The first kappa shape index (κ1) is 19.3. The van der Waals surface area contributed by atoms with Crippen LogP contribution in [0.25, 0.3) is 0 Å². The topological polar surface area (TPSA) is 87.7 Å². The first-order chi connectivity index (χ1) is 12.9. The summed E-state index contributed by atoms with van der Waals surface area (Å²) in [6.07, 6.45) is 0. The minimum absolute atomic E-state index is 0.0354. The highest BCUT2D eigenvalue weighted by molar-refractivity contribution is 7.92. The number of anilines is 2. The van der Waals surface area contributed by atoms with Crippen LogP contribution in [0.5, 0.6) is 0 Å². The van der Waals surface area contributed by atoms with E-state index in [1.54, 1.807) is 24.3 Å². The van der Waals surface area contributed by atoms with Crippen molar-refractivity contribution in [2.75, 3.05) is 42.9 Å². The van der Waals surface area contributed by atoms with Gasteiger partial charge >= 0.3 is 0 Å². The molecule has 1 aliphatic heterocycles. The van der Waals surface area contributed by atoms with Crippen LogP contribution in [0.3, 0.4) is 0 Å². The van der Waals surface area contributed by atoms with Crippen LogP contribution in [-0.2, 0) is 19.6 Å². The van der Waals surface area contributed by atoms with E-state index < -0.39 is 15.8 Å². The van der Waals surface area contributed by atoms with E-state index in [0.717, 1.165) is 25.2 Å². The molecule has 1 amide bonds. The summed E-state index contributed by atoms with van der Waals surface area (Å²) in [6, 6.07) is 10.9. The van der Waals surface area contributed by atoms with Crippen molar-refractivity contribution in [1.29, 1.82) is 0 Å². The Balaban J connectivity index is 1.58. The normalized spacial score (nSPS) is 15.3. The smallest absolute Gasteiger partial charge is 0.261 e. The number of nitrogens with zero attached hydrogens (tertiary/aromatic N) is 1. The summed E-state index contributed by atoms with van der Waals surface area (Å²) in [7, 11) is -3.81. The van der Waals surface area contributed by atoms with E-state index in [9.17, 15) is 17.6 Å². The van der Waals surface area contributed by atoms with E-state index in [1.807, 2.05) is 4.90 Å². The Morgan fingerprint density at radius 1 is 1.00 bits per heavy atom. The number of morpholine rings is 1. The molecule has 0 aliphatic carbocycles. The maximum absolute atomic E-state index is 12.9. The van der Waals surface area contributed by atoms with Crippen LogP contribution in [0.1, 0.15) is 0 Å². The van der Waals surface area contributed by atoms with E-state index in [0.29, 0.717) is 24.6 Å². The summed E-state index contributed by atoms with van der Waals surface area (Å²) in [5, 5.41) is 2.78. The Kier molecular flexibility index (Phi) is 6.04. The molecule has 2 aromatic carbocycles. The van der Waals surface area contributed by atoms with Gasteiger partial charge in [0.2, 0.25) is 5.91 Å². The number of carbonyl (C=O) groups excluding carboxylic acids is 1. The molecule has 1 aliphatic rings. The number of rotatable bonds is 6. The fraction of sp³-hybridized carbons (Fsp3) is 0.278. The van der Waals surface area contributed by atoms with Gasteiger partial charge in [0.05, 0.1) is 24.7 Å². The summed E-state index contributed by atoms with van der Waals surface area (Å²) in [5.41, 5.74) is 0.906. The van der Waals surface area contributed by atoms with Crippen LogP contribution >= 0.6 is 0 Å². The lowest BCUT2D eigenvalue weighted by Crippen LogP contribution is -2.41. The SMILES string of the molecule is O=C(CN1CCOCC1)Nc1ccc(NS(=O)(=O)c2ccc(F)cc2)cc1. The molecule has 0 unspecified atom stereocenters. The zero-order valence-electron chi connectivity index (χ0n) is 14.5. The predicted molar refractivity (Wildman–Crippen MR) is 99.5 cm³/mol. The molecule has 0 spiro atoms. The van der Waals surface area contributed by atoms with Crippen LogP contribution in [0.15, 0.2) is 53.4 Å². The van der Waals surface area contributed by atoms with Crippen LogP contribution in [0, 0.1) is 5.82 Å². The molecule has 1 fully saturated rings. The van der Waals surface area contributed by atoms with Crippen LogP contribution in [-0.4, -0.2) is 52.1 Å². The zero-order chi connectivity index (χ0) is 19.3. The molecule has 1 saturated heterocycles. The summed E-state index contributed by atoms with van der Waals surface area (Å²) >= 11 is 0. The molecule has 0 bridgehead atoms. The first-order valence-corrected chi connectivity index (χ1v) is 9.89. The summed E-state index contributed by atoms with van der Waals surface area (Å²) in [6.45, 7) is 2.96. The number of hydrogen-bond donors (Lipinski definition) is 2. The molecule has 7 nitrogen and oxygen atoms in total. The molecule has 27 heavy (non-hydrogen) atoms. The highest BCUT2D eigenvalue weighted by Crippen LogP contribution is 2.18. The van der Waals surface area contributed by atoms with Gasteiger partial charge in [0.15, 0.2) is 0 Å². The molecule has 0 saturated carbocycles. The number of benzene rings is 2. The van der Waals surface area contributed by atoms with Crippen molar-refractivity contribution in [1.82, 2.24) is 4.90 Å². The Bertz CT molecular complexity index is 880. The largest absolute Gasteiger partial charge is 0.379 e. The molecular weight excluding hydrogens is 373 g/mol. The monoisotopic (exact) mass is 393 g/mol. The average Bonchev–Trinajstić information content (AvgIpc) is 2.64. The van der Waals surface area contributed by atoms with Gasteiger partial charge in [-0.1, -0.05) is 0 Å². The molecule has 0 aromatic heterocycles. The number of amides is 1. The highest BCUT2D eigenvalue weighted by atomic mass is 32.2. The average molecular weight is 393 g/mol. The zero-order valence-corrected chi connectivity index (χ0v) is 15.3. The molecule has 144 valence electrons. The third-order valence-electron chi connectivity index (χ3n) is 4.02. The second-order valence-corrected chi connectivity index (χ2v) is 7.76. The molecule has 0 radical (unpaired) electrons. The molecule has 3 rings (SSSR count). The fourth-order valence-electron chi connectivity index (χ4n) is 2.61. The van der Waals surface area contributed by atoms with Crippen LogP contribution in [0.4, 0.5) is 15.8 Å². The Morgan fingerprint density at radius 2 is 1.59 bits per heavy atom. The number of carbonyl (C=O) groups is 1. The maximum atomic E-state index is 12.9. The minimum atomic E-state index is -3.81. The molecule has 0 atom stereocenters. The van der Waals surface area contributed by atoms with Crippen molar-refractivity contribution < 1.29 is 22.3 Å². The van der Waals surface area contributed by atoms with E-state index in [4.69, 9.17) is 4.74 Å². The highest BCUT2D eigenvalue weighted by Gasteiger charge is 2.15. The minimum Gasteiger partial charge on any atom is -0.379 e. The fourth-order valence-corrected chi connectivity index (χ4v) is 3.67. The van der Waals surface area contributed by atoms with Crippen molar-refractivity contribution in [3.63, 3.8) is 0 Å². The lowest BCUT2D eigenvalue weighted by molar-refractivity contribution is -0.118. The quantitative estimate of drug-likeness (QED) is 0.783. The van der Waals surface area contributed by atoms with Gasteiger partial charge in [0, 0.05) is 24.5 Å². The standard InChI is InChI=1S/C18H20FN3O4S/c19-14-1-7-17(8-2-14)27(24,25)21-16-5-3-15(4-6-16)20-18(23)13-22-9-11-26-12-10-22/h1-8,21H,9-13H2,(H,20,23). The predicted octanol–water partition coefficient (Wildman–Crippen LogP) is 1.90. The summed E-state index contributed by atoms with van der Waals surface area (Å²) in [4.78, 5) is 14.0. The summed E-state index contributed by atoms with van der Waals surface area (Å²) < 4.78 is 45.2. The van der Waals surface area contributed by atoms with Crippen molar-refractivity contribution in [2.45, 2.75) is 4.90 Å². The van der Waals surface area contributed by atoms with Crippen molar-refractivity contribution in [2.24, 2.45) is 0 Å². The molecule has 2 aromatic rings. The Labute approximate surface area is 157 Å². The number of hydrogen-bond acceptors (Lipinski definition) is 5. The van der Waals surface area contributed by atoms with Crippen molar-refractivity contribution in [3.05, 3.63) is 54.3 Å². The van der Waals surface area contributed by atoms with Gasteiger partial charge in [-0.25, -0.2) is 12.8 Å². The van der Waals surface area contributed by atoms with E-state index >= 15 is 0 Å². The Hall–Kier alpha value is -2.49. The van der Waals surface area contributed by atoms with Crippen molar-refractivity contribution in [3.8, 4) is 0 Å². The molecule has 2 N–H and O–H groups in total. The van der Waals surface area contributed by atoms with Gasteiger partial charge in [-0.05, 0) is 48.5 Å². The lowest BCUT2D eigenvalue weighted by atomic mass is 10.3. The molecule has 1 heterocycles. The second-order valence-electron chi connectivity index (χ2n) is 6.07. The van der Waals surface area contributed by atoms with Crippen molar-refractivity contribution >= 4 is 27.3 Å². The third-order valence-corrected chi connectivity index (χ3v) is 5.41. The number of ether oxygens (including phenoxy) is 1. The second kappa shape index (κ2) is 8.47. The van der Waals surface area contributed by atoms with Gasteiger partial charge < -0.3 is 10.1 Å². The first-order valence-electron chi connectivity index (χ1n) is 8.41. The van der Waals surface area contributed by atoms with Gasteiger partial charge in [-0.3, -0.25) is 14.4 Å². The summed E-state index contributed by atoms with van der Waals surface area (Å²) in [5.74, 6) is -0.650.